The Bertz CT molecular complexity index is 1370. The molecule has 0 radical (unpaired) electrons. The highest BCUT2D eigenvalue weighted by molar-refractivity contribution is 7.80. The Morgan fingerprint density at radius 1 is 1.06 bits per heavy atom. The molecule has 3 aromatic heterocycles. The van der Waals surface area contributed by atoms with Crippen molar-refractivity contribution in [2.75, 3.05) is 0 Å². The van der Waals surface area contributed by atoms with Crippen molar-refractivity contribution < 1.29 is 9.90 Å². The molecule has 4 aromatic rings. The van der Waals surface area contributed by atoms with Crippen LogP contribution >= 0.6 is 12.2 Å². The van der Waals surface area contributed by atoms with Gasteiger partial charge in [0.15, 0.2) is 5.11 Å². The number of carboxylic acids is 1. The summed E-state index contributed by atoms with van der Waals surface area (Å²) in [5.41, 5.74) is 6.49. The molecule has 1 aromatic carbocycles. The van der Waals surface area contributed by atoms with Crippen LogP contribution in [0.25, 0.3) is 5.69 Å². The van der Waals surface area contributed by atoms with Gasteiger partial charge in [-0.3, -0.25) is 9.97 Å². The topological polar surface area (TPSA) is 83.3 Å². The van der Waals surface area contributed by atoms with E-state index in [1.165, 1.54) is 0 Å². The van der Waals surface area contributed by atoms with E-state index in [4.69, 9.17) is 12.2 Å². The number of aromatic carboxylic acids is 1. The van der Waals surface area contributed by atoms with Gasteiger partial charge in [-0.25, -0.2) is 4.79 Å². The molecule has 35 heavy (non-hydrogen) atoms. The second kappa shape index (κ2) is 9.31. The molecule has 4 heterocycles. The molecule has 0 aliphatic carbocycles. The summed E-state index contributed by atoms with van der Waals surface area (Å²) in [7, 11) is 0. The van der Waals surface area contributed by atoms with Gasteiger partial charge in [0, 0.05) is 42.2 Å². The number of aryl methyl sites for hydroxylation is 1. The molecule has 0 spiro atoms. The molecule has 1 aliphatic rings. The highest BCUT2D eigenvalue weighted by Crippen LogP contribution is 2.42. The van der Waals surface area contributed by atoms with Gasteiger partial charge in [0.25, 0.3) is 0 Å². The molecule has 2 N–H and O–H groups in total. The van der Waals surface area contributed by atoms with Crippen molar-refractivity contribution in [1.29, 1.82) is 0 Å². The van der Waals surface area contributed by atoms with Crippen LogP contribution in [0, 0.1) is 13.8 Å². The van der Waals surface area contributed by atoms with Crippen LogP contribution in [0.1, 0.15) is 50.7 Å². The summed E-state index contributed by atoms with van der Waals surface area (Å²) in [5, 5.41) is 13.5. The Balaban J connectivity index is 1.60. The molecule has 0 saturated carbocycles. The van der Waals surface area contributed by atoms with Crippen molar-refractivity contribution in [1.82, 2.24) is 24.8 Å². The molecule has 8 heteroatoms. The maximum Gasteiger partial charge on any atom is 0.335 e. The number of thiocarbonyl (C=S) groups is 1. The van der Waals surface area contributed by atoms with Gasteiger partial charge in [0.2, 0.25) is 0 Å². The highest BCUT2D eigenvalue weighted by Gasteiger charge is 2.41. The first kappa shape index (κ1) is 22.7. The van der Waals surface area contributed by atoms with E-state index in [-0.39, 0.29) is 17.6 Å². The van der Waals surface area contributed by atoms with Crippen LogP contribution in [-0.4, -0.2) is 35.6 Å². The van der Waals surface area contributed by atoms with E-state index in [2.05, 4.69) is 44.7 Å². The van der Waals surface area contributed by atoms with E-state index >= 15 is 0 Å². The van der Waals surface area contributed by atoms with Crippen LogP contribution in [0.15, 0.2) is 79.3 Å². The SMILES string of the molecule is Cc1cc(C2C(c3ccccn3)NC(=S)N2Cc2ccncc2)c(C)n1-c1ccc(C(=O)O)cc1. The van der Waals surface area contributed by atoms with E-state index in [0.717, 1.165) is 33.9 Å². The third-order valence-electron chi connectivity index (χ3n) is 6.46. The lowest BCUT2D eigenvalue weighted by molar-refractivity contribution is 0.0697. The van der Waals surface area contributed by atoms with Crippen LogP contribution in [0.4, 0.5) is 0 Å². The molecule has 176 valence electrons. The number of hydrogen-bond donors (Lipinski definition) is 2. The number of hydrogen-bond acceptors (Lipinski definition) is 4. The lowest BCUT2D eigenvalue weighted by atomic mass is 9.96. The summed E-state index contributed by atoms with van der Waals surface area (Å²) in [4.78, 5) is 22.3. The zero-order chi connectivity index (χ0) is 24.5. The first-order valence-corrected chi connectivity index (χ1v) is 11.7. The number of nitrogens with zero attached hydrogens (tertiary/aromatic N) is 4. The van der Waals surface area contributed by atoms with Gasteiger partial charge in [-0.2, -0.15) is 0 Å². The largest absolute Gasteiger partial charge is 0.478 e. The minimum atomic E-state index is -0.936. The number of carboxylic acid groups (broad SMARTS) is 1. The molecule has 0 amide bonds. The number of benzene rings is 1. The smallest absolute Gasteiger partial charge is 0.335 e. The molecule has 0 bridgehead atoms. The van der Waals surface area contributed by atoms with Gasteiger partial charge in [-0.1, -0.05) is 6.07 Å². The maximum absolute atomic E-state index is 11.3. The standard InChI is InChI=1S/C27H25N5O2S/c1-17-15-22(18(2)32(17)21-8-6-20(7-9-21)26(33)34)25-24(23-5-3-4-12-29-23)30-27(35)31(25)16-19-10-13-28-14-11-19/h3-15,24-25H,16H2,1-2H3,(H,30,35)(H,33,34). The normalized spacial score (nSPS) is 17.4. The van der Waals surface area contributed by atoms with Crippen LogP contribution in [0.3, 0.4) is 0 Å². The molecule has 2 atom stereocenters. The predicted octanol–water partition coefficient (Wildman–Crippen LogP) is 4.76. The average Bonchev–Trinajstić information content (AvgIpc) is 3.35. The Morgan fingerprint density at radius 3 is 2.46 bits per heavy atom. The van der Waals surface area contributed by atoms with Crippen LogP contribution in [0.2, 0.25) is 0 Å². The Hall–Kier alpha value is -4.04. The molecular weight excluding hydrogens is 458 g/mol. The summed E-state index contributed by atoms with van der Waals surface area (Å²) in [5.74, 6) is -0.936. The first-order valence-electron chi connectivity index (χ1n) is 11.3. The fourth-order valence-electron chi connectivity index (χ4n) is 4.84. The maximum atomic E-state index is 11.3. The average molecular weight is 484 g/mol. The zero-order valence-corrected chi connectivity index (χ0v) is 20.2. The third kappa shape index (κ3) is 4.28. The quantitative estimate of drug-likeness (QED) is 0.383. The molecule has 1 saturated heterocycles. The summed E-state index contributed by atoms with van der Waals surface area (Å²) in [6.07, 6.45) is 5.38. The van der Waals surface area contributed by atoms with E-state index in [9.17, 15) is 9.90 Å². The minimum absolute atomic E-state index is 0.0798. The summed E-state index contributed by atoms with van der Waals surface area (Å²) in [6.45, 7) is 4.79. The van der Waals surface area contributed by atoms with E-state index in [1.807, 2.05) is 42.5 Å². The van der Waals surface area contributed by atoms with Crippen molar-refractivity contribution in [3.8, 4) is 5.69 Å². The minimum Gasteiger partial charge on any atom is -0.478 e. The second-order valence-corrected chi connectivity index (χ2v) is 9.01. The number of carbonyl (C=O) groups is 1. The second-order valence-electron chi connectivity index (χ2n) is 8.62. The number of aromatic nitrogens is 3. The van der Waals surface area contributed by atoms with Gasteiger partial charge in [0.1, 0.15) is 0 Å². The van der Waals surface area contributed by atoms with Gasteiger partial charge in [-0.05, 0) is 91.8 Å². The lowest BCUT2D eigenvalue weighted by Crippen LogP contribution is -2.29. The van der Waals surface area contributed by atoms with Crippen molar-refractivity contribution in [3.05, 3.63) is 113 Å². The zero-order valence-electron chi connectivity index (χ0n) is 19.4. The van der Waals surface area contributed by atoms with Crippen molar-refractivity contribution in [3.63, 3.8) is 0 Å². The molecule has 1 fully saturated rings. The van der Waals surface area contributed by atoms with Gasteiger partial charge < -0.3 is 19.9 Å². The van der Waals surface area contributed by atoms with E-state index in [0.29, 0.717) is 11.7 Å². The Morgan fingerprint density at radius 2 is 1.80 bits per heavy atom. The van der Waals surface area contributed by atoms with Crippen molar-refractivity contribution in [2.45, 2.75) is 32.5 Å². The van der Waals surface area contributed by atoms with E-state index in [1.54, 1.807) is 30.7 Å². The lowest BCUT2D eigenvalue weighted by Gasteiger charge is -2.28. The molecule has 2 unspecified atom stereocenters. The molecule has 1 aliphatic heterocycles. The summed E-state index contributed by atoms with van der Waals surface area (Å²) >= 11 is 5.82. The fraction of sp³-hybridized carbons (Fsp3) is 0.185. The van der Waals surface area contributed by atoms with Gasteiger partial charge in [0.05, 0.1) is 23.3 Å². The van der Waals surface area contributed by atoms with Crippen molar-refractivity contribution >= 4 is 23.3 Å². The molecular formula is C27H25N5O2S. The van der Waals surface area contributed by atoms with E-state index < -0.39 is 5.97 Å². The first-order chi connectivity index (χ1) is 16.9. The Kier molecular flexibility index (Phi) is 6.05. The van der Waals surface area contributed by atoms with Crippen LogP contribution in [-0.2, 0) is 6.54 Å². The fourth-order valence-corrected chi connectivity index (χ4v) is 5.14. The molecule has 5 rings (SSSR count). The van der Waals surface area contributed by atoms with Gasteiger partial charge in [-0.15, -0.1) is 0 Å². The Labute approximate surface area is 209 Å². The monoisotopic (exact) mass is 483 g/mol. The van der Waals surface area contributed by atoms with Crippen molar-refractivity contribution in [2.24, 2.45) is 0 Å². The number of pyridine rings is 2. The van der Waals surface area contributed by atoms with Gasteiger partial charge >= 0.3 is 5.97 Å². The number of rotatable bonds is 6. The summed E-state index contributed by atoms with van der Waals surface area (Å²) < 4.78 is 2.16. The predicted molar refractivity (Wildman–Crippen MR) is 137 cm³/mol. The number of nitrogens with one attached hydrogen (secondary N) is 1. The third-order valence-corrected chi connectivity index (χ3v) is 6.81. The highest BCUT2D eigenvalue weighted by atomic mass is 32.1. The summed E-state index contributed by atoms with van der Waals surface area (Å²) in [6, 6.07) is 18.9. The molecule has 7 nitrogen and oxygen atoms in total. The van der Waals surface area contributed by atoms with Crippen LogP contribution in [0.5, 0.6) is 0 Å². The van der Waals surface area contributed by atoms with Crippen LogP contribution < -0.4 is 5.32 Å².